The number of rotatable bonds is 17. The minimum atomic E-state index is -0.569. The first-order valence-electron chi connectivity index (χ1n) is 51.5. The van der Waals surface area contributed by atoms with E-state index in [0.717, 1.165) is 158 Å². The summed E-state index contributed by atoms with van der Waals surface area (Å²) in [6.07, 6.45) is 10.9. The lowest BCUT2D eigenvalue weighted by Gasteiger charge is -2.10. The third-order valence-corrected chi connectivity index (χ3v) is 22.4. The molecule has 0 aliphatic carbocycles. The normalized spacial score (nSPS) is 11.5. The fourth-order valence-corrected chi connectivity index (χ4v) is 15.3. The first-order chi connectivity index (χ1) is 74.9. The minimum absolute atomic E-state index is 0.0867. The van der Waals surface area contributed by atoms with Gasteiger partial charge in [0.25, 0.3) is 0 Å². The molecule has 9 aromatic heterocycles. The van der Waals surface area contributed by atoms with Gasteiger partial charge in [0.1, 0.15) is 17.5 Å². The maximum absolute atomic E-state index is 8.07. The van der Waals surface area contributed by atoms with E-state index in [2.05, 4.69) is 258 Å². The molecule has 144 heavy (non-hydrogen) atoms. The molecule has 0 atom stereocenters. The van der Waals surface area contributed by atoms with Crippen LogP contribution in [0.25, 0.3) is 192 Å². The Morgan fingerprint density at radius 1 is 0.160 bits per heavy atom. The molecule has 0 aliphatic heterocycles. The van der Waals surface area contributed by atoms with E-state index >= 15 is 0 Å². The van der Waals surface area contributed by atoms with Crippen LogP contribution in [0.2, 0.25) is 0 Å². The molecule has 0 saturated carbocycles. The van der Waals surface area contributed by atoms with Crippen molar-refractivity contribution in [3.05, 3.63) is 520 Å². The highest BCUT2D eigenvalue weighted by Crippen LogP contribution is 2.35. The van der Waals surface area contributed by atoms with E-state index in [-0.39, 0.29) is 28.6 Å². The molecule has 0 spiro atoms. The average molecular weight is 1870 g/mol. The van der Waals surface area contributed by atoms with Crippen molar-refractivity contribution >= 4 is 0 Å². The van der Waals surface area contributed by atoms with E-state index in [1.54, 1.807) is 24.8 Å². The molecule has 23 aromatic rings. The molecule has 0 aliphatic rings. The Morgan fingerprint density at radius 2 is 0.389 bits per heavy atom. The van der Waals surface area contributed by atoms with Crippen LogP contribution in [-0.4, -0.2) is 89.7 Å². The van der Waals surface area contributed by atoms with Gasteiger partial charge in [-0.3, -0.25) is 9.97 Å². The summed E-state index contributed by atoms with van der Waals surface area (Å²) < 4.78 is 78.8. The number of hydrogen-bond acceptors (Lipinski definition) is 18. The lowest BCUT2D eigenvalue weighted by Crippen LogP contribution is -1.99. The summed E-state index contributed by atoms with van der Waals surface area (Å²) >= 11 is 0. The molecule has 9 heterocycles. The fourth-order valence-electron chi connectivity index (χ4n) is 15.3. The maximum Gasteiger partial charge on any atom is 0.163 e. The zero-order valence-corrected chi connectivity index (χ0v) is 79.5. The van der Waals surface area contributed by atoms with E-state index in [9.17, 15) is 0 Å². The second kappa shape index (κ2) is 47.2. The topological polar surface area (TPSA) is 232 Å². The van der Waals surface area contributed by atoms with Gasteiger partial charge in [-0.25, -0.2) is 79.7 Å². The number of pyridine rings is 2. The SMILES string of the molecule is Cc1cc(-c2ccccc2)nc(-c2ccc(-c3cccnc3)cc2)n1.Cc1cc(-c2ccccc2)nc(-c2cnc(-c3ccccc3)nc2)n1.Cc1ccc(-c2cc(-c3ccc(-c4ccccc4)cc3)nc(-c3ccccc3)n2)cc1.Cc1nc(-c2ccccc2)cc(-c2ccc(-c3cccnc3)cc2)n1.Cc1nc(-c2ccccc2)nc(-c2ccccc2)n1.[2H]c1c([2H])c([2H])c(-c2nc(C)nc(-c3c([2H])c([2H])c([2H])c([2H])c3[2H])n2)c([2H])c1[2H]. The van der Waals surface area contributed by atoms with Crippen molar-refractivity contribution in [3.8, 4) is 192 Å². The molecule has 0 radical (unpaired) electrons. The largest absolute Gasteiger partial charge is 0.264 e. The first kappa shape index (κ1) is 83.0. The Balaban J connectivity index is 0.000000121. The van der Waals surface area contributed by atoms with Gasteiger partial charge in [-0.05, 0) is 111 Å². The van der Waals surface area contributed by atoms with Crippen LogP contribution in [0.3, 0.4) is 0 Å². The predicted molar refractivity (Wildman–Crippen MR) is 580 cm³/mol. The van der Waals surface area contributed by atoms with Crippen molar-refractivity contribution in [2.75, 3.05) is 0 Å². The van der Waals surface area contributed by atoms with Gasteiger partial charge in [0, 0.05) is 121 Å². The van der Waals surface area contributed by atoms with Gasteiger partial charge in [0.05, 0.1) is 53.4 Å². The molecule has 18 nitrogen and oxygen atoms in total. The molecule has 14 aromatic carbocycles. The van der Waals surface area contributed by atoms with Crippen LogP contribution < -0.4 is 0 Å². The van der Waals surface area contributed by atoms with E-state index in [4.69, 9.17) is 28.7 Å². The molecule has 0 N–H and O–H groups in total. The quantitative estimate of drug-likeness (QED) is 0.0824. The van der Waals surface area contributed by atoms with E-state index in [1.807, 2.05) is 252 Å². The van der Waals surface area contributed by atoms with Crippen LogP contribution in [0.1, 0.15) is 48.1 Å². The smallest absolute Gasteiger partial charge is 0.163 e. The lowest BCUT2D eigenvalue weighted by molar-refractivity contribution is 0.991. The third kappa shape index (κ3) is 25.6. The molecule has 18 heteroatoms. The summed E-state index contributed by atoms with van der Waals surface area (Å²) in [5.74, 6) is 5.33. The molecule has 0 saturated heterocycles. The number of nitrogens with zero attached hydrogens (tertiary/aromatic N) is 18. The van der Waals surface area contributed by atoms with Crippen LogP contribution in [0.4, 0.5) is 0 Å². The Morgan fingerprint density at radius 3 is 0.729 bits per heavy atom. The highest BCUT2D eigenvalue weighted by atomic mass is 15.0. The minimum Gasteiger partial charge on any atom is -0.264 e. The molecular weight excluding hydrogens is 1770 g/mol. The molecule has 692 valence electrons. The van der Waals surface area contributed by atoms with Crippen molar-refractivity contribution in [2.45, 2.75) is 41.5 Å². The number of benzene rings is 14. The molecule has 0 amide bonds. The van der Waals surface area contributed by atoms with Crippen LogP contribution >= 0.6 is 0 Å². The van der Waals surface area contributed by atoms with E-state index in [1.165, 1.54) is 23.6 Å². The molecule has 23 rings (SSSR count). The van der Waals surface area contributed by atoms with Crippen molar-refractivity contribution in [1.82, 2.24) is 89.7 Å². The Kier molecular flexibility index (Phi) is 27.2. The van der Waals surface area contributed by atoms with Crippen LogP contribution in [0.5, 0.6) is 0 Å². The van der Waals surface area contributed by atoms with Gasteiger partial charge in [-0.15, -0.1) is 0 Å². The second-order valence-electron chi connectivity index (χ2n) is 32.9. The van der Waals surface area contributed by atoms with Gasteiger partial charge in [-0.1, -0.05) is 418 Å². The maximum atomic E-state index is 8.07. The second-order valence-corrected chi connectivity index (χ2v) is 32.9. The Bertz CT molecular complexity index is 8140. The predicted octanol–water partition coefficient (Wildman–Crippen LogP) is 29.4. The van der Waals surface area contributed by atoms with Crippen LogP contribution in [-0.2, 0) is 0 Å². The summed E-state index contributed by atoms with van der Waals surface area (Å²) in [4.78, 5) is 80.4. The van der Waals surface area contributed by atoms with Crippen molar-refractivity contribution in [1.29, 1.82) is 0 Å². The Hall–Kier alpha value is -19.2. The van der Waals surface area contributed by atoms with Crippen LogP contribution in [0.15, 0.2) is 486 Å². The summed E-state index contributed by atoms with van der Waals surface area (Å²) in [6.45, 7) is 11.3. The molecular formula is C126H98N18. The van der Waals surface area contributed by atoms with Gasteiger partial charge in [-0.2, -0.15) is 0 Å². The van der Waals surface area contributed by atoms with Gasteiger partial charge in [0.2, 0.25) is 0 Å². The van der Waals surface area contributed by atoms with Crippen molar-refractivity contribution in [2.24, 2.45) is 0 Å². The van der Waals surface area contributed by atoms with Crippen molar-refractivity contribution < 1.29 is 13.7 Å². The highest BCUT2D eigenvalue weighted by Gasteiger charge is 2.17. The summed E-state index contributed by atoms with van der Waals surface area (Å²) in [5.41, 5.74) is 27.4. The zero-order valence-electron chi connectivity index (χ0n) is 89.5. The summed E-state index contributed by atoms with van der Waals surface area (Å²) in [6, 6.07) is 125. The number of aromatic nitrogens is 18. The standard InChI is InChI=1S/C29H22N2.2C22H17N3.C21H16N4.2C16H13N3/c1-21-12-14-24(15-13-21)27-20-28(31-29(30-27)26-10-6-3-7-11-26)25-18-16-23(17-19-25)22-8-4-2-5-9-22;1-16-24-21(18-6-3-2-4-7-18)14-22(25-16)19-11-9-17(10-12-19)20-8-5-13-23-15-20;1-16-14-21(18-6-3-2-4-7-18)25-22(24-16)19-11-9-17(10-12-19)20-8-5-13-23-15-20;1-15-12-19(16-8-4-2-5-9-16)25-21(24-15)18-13-22-20(23-14-18)17-10-6-3-7-11-17;2*1-12-17-15(13-8-4-2-5-9-13)19-16(18-12)14-10-6-3-7-11-14/h2-20H,1H3;2*2-15H,1H3;2-14H,1H3;2*2-11H,1H3/i;;;;2D,3D,4D,5D,6D,7D,8D,9D,10D,11D;. The number of hydrogen-bond donors (Lipinski definition) is 0. The molecule has 0 unspecified atom stereocenters. The molecule has 0 fully saturated rings. The summed E-state index contributed by atoms with van der Waals surface area (Å²) in [5, 5.41) is 0. The Labute approximate surface area is 852 Å². The highest BCUT2D eigenvalue weighted by molar-refractivity contribution is 5.77. The van der Waals surface area contributed by atoms with Gasteiger partial charge >= 0.3 is 0 Å². The van der Waals surface area contributed by atoms with Gasteiger partial charge in [0.15, 0.2) is 46.6 Å². The van der Waals surface area contributed by atoms with Gasteiger partial charge < -0.3 is 0 Å². The fraction of sp³-hybridized carbons (Fsp3) is 0.0476. The van der Waals surface area contributed by atoms with Crippen molar-refractivity contribution in [3.63, 3.8) is 0 Å². The van der Waals surface area contributed by atoms with E-state index in [0.29, 0.717) is 23.3 Å². The average Bonchev–Trinajstić information content (AvgIpc) is 0.757. The lowest BCUT2D eigenvalue weighted by atomic mass is 10.0. The number of aryl methyl sites for hydroxylation is 6. The first-order valence-corrected chi connectivity index (χ1v) is 46.5. The zero-order chi connectivity index (χ0) is 107. The van der Waals surface area contributed by atoms with E-state index < -0.39 is 60.4 Å². The monoisotopic (exact) mass is 1870 g/mol. The summed E-state index contributed by atoms with van der Waals surface area (Å²) in [7, 11) is 0. The third-order valence-electron chi connectivity index (χ3n) is 22.4. The molecule has 0 bridgehead atoms. The van der Waals surface area contributed by atoms with Crippen LogP contribution in [0, 0.1) is 41.5 Å².